The summed E-state index contributed by atoms with van der Waals surface area (Å²) < 4.78 is 10.1. The highest BCUT2D eigenvalue weighted by atomic mass is 16.6. The van der Waals surface area contributed by atoms with E-state index in [0.29, 0.717) is 5.56 Å². The predicted octanol–water partition coefficient (Wildman–Crippen LogP) is 1.74. The maximum atomic E-state index is 11.9. The fourth-order valence-electron chi connectivity index (χ4n) is 1.95. The van der Waals surface area contributed by atoms with Crippen LogP contribution in [0.3, 0.4) is 0 Å². The second kappa shape index (κ2) is 7.73. The zero-order valence-corrected chi connectivity index (χ0v) is 12.5. The molecule has 24 heavy (non-hydrogen) atoms. The van der Waals surface area contributed by atoms with Crippen LogP contribution in [0, 0.1) is 10.1 Å². The first-order valence-electron chi connectivity index (χ1n) is 6.89. The summed E-state index contributed by atoms with van der Waals surface area (Å²) in [6, 6.07) is 13.9. The number of nitro benzene ring substituents is 1. The van der Waals surface area contributed by atoms with E-state index in [1.54, 1.807) is 30.3 Å². The number of esters is 1. The Bertz CT molecular complexity index is 747. The van der Waals surface area contributed by atoms with E-state index in [2.05, 4.69) is 0 Å². The van der Waals surface area contributed by atoms with Gasteiger partial charge >= 0.3 is 11.7 Å². The molecule has 0 radical (unpaired) electrons. The van der Waals surface area contributed by atoms with Gasteiger partial charge < -0.3 is 15.2 Å². The van der Waals surface area contributed by atoms with Gasteiger partial charge in [0.1, 0.15) is 0 Å². The van der Waals surface area contributed by atoms with Crippen molar-refractivity contribution in [1.82, 2.24) is 0 Å². The molecule has 0 heterocycles. The number of rotatable bonds is 7. The Morgan fingerprint density at radius 2 is 1.71 bits per heavy atom. The van der Waals surface area contributed by atoms with Crippen molar-refractivity contribution in [2.24, 2.45) is 5.73 Å². The number of nitrogens with two attached hydrogens (primary N) is 1. The molecule has 1 amide bonds. The molecule has 124 valence electrons. The third-order valence-electron chi connectivity index (χ3n) is 3.02. The molecule has 0 saturated carbocycles. The van der Waals surface area contributed by atoms with Crippen molar-refractivity contribution in [1.29, 1.82) is 0 Å². The molecule has 2 N–H and O–H groups in total. The normalized spacial score (nSPS) is 11.3. The molecule has 1 unspecified atom stereocenters. The van der Waals surface area contributed by atoms with Crippen LogP contribution in [0.15, 0.2) is 54.6 Å². The van der Waals surface area contributed by atoms with Crippen LogP contribution in [0.2, 0.25) is 0 Å². The minimum Gasteiger partial charge on any atom is -0.475 e. The highest BCUT2D eigenvalue weighted by molar-refractivity contribution is 5.84. The lowest BCUT2D eigenvalue weighted by atomic mass is 10.1. The summed E-state index contributed by atoms with van der Waals surface area (Å²) >= 11 is 0. The molecule has 0 saturated heterocycles. The molecule has 8 heteroatoms. The van der Waals surface area contributed by atoms with E-state index in [1.165, 1.54) is 24.3 Å². The standard InChI is InChI=1S/C16H14N2O6/c17-16(20)15(11-6-2-1-3-7-11)24-14(19)10-23-13-9-5-4-8-12(13)18(21)22/h1-9,15H,10H2,(H2,17,20). The van der Waals surface area contributed by atoms with Gasteiger partial charge in [0, 0.05) is 11.6 Å². The van der Waals surface area contributed by atoms with Crippen LogP contribution in [0.5, 0.6) is 5.75 Å². The number of nitro groups is 1. The number of benzene rings is 2. The van der Waals surface area contributed by atoms with E-state index in [-0.39, 0.29) is 11.4 Å². The average molecular weight is 330 g/mol. The molecule has 2 aromatic rings. The molecule has 0 aliphatic carbocycles. The molecule has 0 aliphatic rings. The second-order valence-electron chi connectivity index (χ2n) is 4.70. The van der Waals surface area contributed by atoms with Crippen LogP contribution >= 0.6 is 0 Å². The lowest BCUT2D eigenvalue weighted by molar-refractivity contribution is -0.385. The molecule has 8 nitrogen and oxygen atoms in total. The Balaban J connectivity index is 2.02. The van der Waals surface area contributed by atoms with Crippen LogP contribution in [-0.4, -0.2) is 23.4 Å². The smallest absolute Gasteiger partial charge is 0.345 e. The fourth-order valence-corrected chi connectivity index (χ4v) is 1.95. The number of primary amides is 1. The number of carbonyl (C=O) groups is 2. The number of ether oxygens (including phenoxy) is 2. The monoisotopic (exact) mass is 330 g/mol. The highest BCUT2D eigenvalue weighted by Gasteiger charge is 2.23. The molecule has 2 aromatic carbocycles. The van der Waals surface area contributed by atoms with E-state index >= 15 is 0 Å². The molecule has 0 aliphatic heterocycles. The van der Waals surface area contributed by atoms with E-state index in [0.717, 1.165) is 0 Å². The first kappa shape index (κ1) is 16.9. The molecular weight excluding hydrogens is 316 g/mol. The molecule has 0 bridgehead atoms. The van der Waals surface area contributed by atoms with Crippen molar-refractivity contribution in [2.45, 2.75) is 6.10 Å². The van der Waals surface area contributed by atoms with Crippen molar-refractivity contribution >= 4 is 17.6 Å². The number of amides is 1. The summed E-state index contributed by atoms with van der Waals surface area (Å²) in [5, 5.41) is 10.9. The Morgan fingerprint density at radius 1 is 1.08 bits per heavy atom. The van der Waals surface area contributed by atoms with Crippen LogP contribution in [0.4, 0.5) is 5.69 Å². The summed E-state index contributed by atoms with van der Waals surface area (Å²) in [7, 11) is 0. The zero-order chi connectivity index (χ0) is 17.5. The fraction of sp³-hybridized carbons (Fsp3) is 0.125. The Hall–Kier alpha value is -3.42. The molecule has 0 fully saturated rings. The molecule has 0 aromatic heterocycles. The predicted molar refractivity (Wildman–Crippen MR) is 83.1 cm³/mol. The van der Waals surface area contributed by atoms with Crippen LogP contribution in [-0.2, 0) is 14.3 Å². The first-order chi connectivity index (χ1) is 11.5. The van der Waals surface area contributed by atoms with Crippen molar-refractivity contribution in [3.05, 3.63) is 70.3 Å². The van der Waals surface area contributed by atoms with Gasteiger partial charge in [0.2, 0.25) is 6.10 Å². The maximum absolute atomic E-state index is 11.9. The summed E-state index contributed by atoms with van der Waals surface area (Å²) in [5.41, 5.74) is 5.38. The number of hydrogen-bond donors (Lipinski definition) is 1. The van der Waals surface area contributed by atoms with Gasteiger partial charge in [0.15, 0.2) is 12.4 Å². The van der Waals surface area contributed by atoms with Gasteiger partial charge in [-0.2, -0.15) is 0 Å². The molecule has 2 rings (SSSR count). The lowest BCUT2D eigenvalue weighted by Crippen LogP contribution is -2.28. The zero-order valence-electron chi connectivity index (χ0n) is 12.5. The lowest BCUT2D eigenvalue weighted by Gasteiger charge is -2.15. The Labute approximate surface area is 136 Å². The maximum Gasteiger partial charge on any atom is 0.345 e. The summed E-state index contributed by atoms with van der Waals surface area (Å²) in [6.07, 6.45) is -1.26. The number of para-hydroxylation sites is 2. The number of carbonyl (C=O) groups excluding carboxylic acids is 2. The molecule has 0 spiro atoms. The van der Waals surface area contributed by atoms with Crippen molar-refractivity contribution in [3.8, 4) is 5.75 Å². The first-order valence-corrected chi connectivity index (χ1v) is 6.89. The van der Waals surface area contributed by atoms with Gasteiger partial charge in [-0.15, -0.1) is 0 Å². The largest absolute Gasteiger partial charge is 0.475 e. The SMILES string of the molecule is NC(=O)C(OC(=O)COc1ccccc1[N+](=O)[O-])c1ccccc1. The number of nitrogens with zero attached hydrogens (tertiary/aromatic N) is 1. The topological polar surface area (TPSA) is 122 Å². The van der Waals surface area contributed by atoms with E-state index in [1.807, 2.05) is 0 Å². The Morgan fingerprint density at radius 3 is 2.33 bits per heavy atom. The van der Waals surface area contributed by atoms with Gasteiger partial charge in [-0.3, -0.25) is 14.9 Å². The molecular formula is C16H14N2O6. The van der Waals surface area contributed by atoms with Crippen molar-refractivity contribution in [3.63, 3.8) is 0 Å². The van der Waals surface area contributed by atoms with Gasteiger partial charge in [0.05, 0.1) is 4.92 Å². The van der Waals surface area contributed by atoms with Crippen LogP contribution in [0.25, 0.3) is 0 Å². The van der Waals surface area contributed by atoms with E-state index in [9.17, 15) is 19.7 Å². The van der Waals surface area contributed by atoms with Crippen molar-refractivity contribution < 1.29 is 24.0 Å². The molecule has 1 atom stereocenters. The summed E-state index contributed by atoms with van der Waals surface area (Å²) in [4.78, 5) is 33.6. The number of hydrogen-bond acceptors (Lipinski definition) is 6. The minimum atomic E-state index is -1.26. The van der Waals surface area contributed by atoms with Gasteiger partial charge in [-0.05, 0) is 6.07 Å². The van der Waals surface area contributed by atoms with Gasteiger partial charge in [-0.25, -0.2) is 4.79 Å². The van der Waals surface area contributed by atoms with E-state index in [4.69, 9.17) is 15.2 Å². The van der Waals surface area contributed by atoms with Crippen LogP contribution < -0.4 is 10.5 Å². The van der Waals surface area contributed by atoms with Crippen LogP contribution in [0.1, 0.15) is 11.7 Å². The van der Waals surface area contributed by atoms with Gasteiger partial charge in [0.25, 0.3) is 5.91 Å². The van der Waals surface area contributed by atoms with E-state index < -0.39 is 29.5 Å². The average Bonchev–Trinajstić information content (AvgIpc) is 2.58. The summed E-state index contributed by atoms with van der Waals surface area (Å²) in [6.45, 7) is -0.596. The third-order valence-corrected chi connectivity index (χ3v) is 3.02. The second-order valence-corrected chi connectivity index (χ2v) is 4.70. The minimum absolute atomic E-state index is 0.0743. The highest BCUT2D eigenvalue weighted by Crippen LogP contribution is 2.26. The quantitative estimate of drug-likeness (QED) is 0.469. The third kappa shape index (κ3) is 4.29. The van der Waals surface area contributed by atoms with Crippen molar-refractivity contribution in [2.75, 3.05) is 6.61 Å². The Kier molecular flexibility index (Phi) is 5.45. The summed E-state index contributed by atoms with van der Waals surface area (Å²) in [5.74, 6) is -1.78. The van der Waals surface area contributed by atoms with Gasteiger partial charge in [-0.1, -0.05) is 42.5 Å².